The van der Waals surface area contributed by atoms with Gasteiger partial charge in [-0.05, 0) is 39.5 Å². The number of carbonyl (C=O) groups excluding carboxylic acids is 2. The standard InChI is InChI=1S/C20H30N4O4/c1-13(2)16-12-27-19(26)24(16)17-11-21-10-15(22-17)14-6-8-23(9-7-14)18(25)28-20(3,4)5/h10-11,13-14,16H,6-9,12H2,1-5H3/t16-/m0/s1. The largest absolute Gasteiger partial charge is 0.447 e. The quantitative estimate of drug-likeness (QED) is 0.784. The third kappa shape index (κ3) is 4.54. The van der Waals surface area contributed by atoms with E-state index in [4.69, 9.17) is 14.5 Å². The van der Waals surface area contributed by atoms with Gasteiger partial charge in [0.25, 0.3) is 0 Å². The van der Waals surface area contributed by atoms with Crippen LogP contribution in [0.2, 0.25) is 0 Å². The molecular weight excluding hydrogens is 360 g/mol. The fourth-order valence-electron chi connectivity index (χ4n) is 3.56. The number of likely N-dealkylation sites (tertiary alicyclic amines) is 1. The van der Waals surface area contributed by atoms with E-state index in [1.54, 1.807) is 22.2 Å². The van der Waals surface area contributed by atoms with E-state index in [-0.39, 0.29) is 30.1 Å². The molecule has 0 aliphatic carbocycles. The van der Waals surface area contributed by atoms with Gasteiger partial charge in [0.1, 0.15) is 12.2 Å². The summed E-state index contributed by atoms with van der Waals surface area (Å²) in [5.74, 6) is 0.990. The van der Waals surface area contributed by atoms with Crippen molar-refractivity contribution in [3.05, 3.63) is 18.1 Å². The SMILES string of the molecule is CC(C)[C@@H]1COC(=O)N1c1cncc(C2CCN(C(=O)OC(C)(C)C)CC2)n1. The number of piperidine rings is 1. The van der Waals surface area contributed by atoms with E-state index in [9.17, 15) is 9.59 Å². The Hall–Kier alpha value is -2.38. The van der Waals surface area contributed by atoms with Crippen molar-refractivity contribution < 1.29 is 19.1 Å². The van der Waals surface area contributed by atoms with Crippen LogP contribution in [-0.4, -0.2) is 58.4 Å². The number of rotatable bonds is 3. The molecular formula is C20H30N4O4. The summed E-state index contributed by atoms with van der Waals surface area (Å²) in [6, 6.07) is -0.0361. The molecule has 154 valence electrons. The molecule has 2 fully saturated rings. The van der Waals surface area contributed by atoms with E-state index in [1.165, 1.54) is 0 Å². The number of anilines is 1. The zero-order valence-electron chi connectivity index (χ0n) is 17.3. The van der Waals surface area contributed by atoms with Crippen molar-refractivity contribution in [3.8, 4) is 0 Å². The van der Waals surface area contributed by atoms with E-state index >= 15 is 0 Å². The molecule has 1 aromatic rings. The van der Waals surface area contributed by atoms with Crippen LogP contribution in [0.1, 0.15) is 59.1 Å². The molecule has 0 N–H and O–H groups in total. The first kappa shape index (κ1) is 20.4. The molecule has 0 saturated carbocycles. The number of nitrogens with zero attached hydrogens (tertiary/aromatic N) is 4. The molecule has 0 unspecified atom stereocenters. The first-order chi connectivity index (χ1) is 13.2. The third-order valence-electron chi connectivity index (χ3n) is 5.13. The average Bonchev–Trinajstić information content (AvgIpc) is 3.02. The van der Waals surface area contributed by atoms with E-state index in [0.29, 0.717) is 25.5 Å². The van der Waals surface area contributed by atoms with Crippen molar-refractivity contribution in [1.29, 1.82) is 0 Å². The topological polar surface area (TPSA) is 84.9 Å². The molecule has 2 amide bonds. The molecule has 2 aliphatic heterocycles. The molecule has 8 heteroatoms. The third-order valence-corrected chi connectivity index (χ3v) is 5.13. The normalized spacial score (nSPS) is 21.2. The second-order valence-electron chi connectivity index (χ2n) is 8.80. The number of ether oxygens (including phenoxy) is 2. The average molecular weight is 390 g/mol. The van der Waals surface area contributed by atoms with Crippen molar-refractivity contribution in [3.63, 3.8) is 0 Å². The number of hydrogen-bond acceptors (Lipinski definition) is 6. The summed E-state index contributed by atoms with van der Waals surface area (Å²) in [5, 5.41) is 0. The first-order valence-electron chi connectivity index (χ1n) is 9.91. The van der Waals surface area contributed by atoms with Gasteiger partial charge >= 0.3 is 12.2 Å². The summed E-state index contributed by atoms with van der Waals surface area (Å²) in [6.07, 6.45) is 4.30. The lowest BCUT2D eigenvalue weighted by atomic mass is 9.94. The van der Waals surface area contributed by atoms with Crippen LogP contribution >= 0.6 is 0 Å². The lowest BCUT2D eigenvalue weighted by Gasteiger charge is -2.33. The Bertz CT molecular complexity index is 723. The molecule has 0 bridgehead atoms. The van der Waals surface area contributed by atoms with Gasteiger partial charge in [-0.3, -0.25) is 9.88 Å². The molecule has 1 aromatic heterocycles. The van der Waals surface area contributed by atoms with Crippen molar-refractivity contribution in [2.24, 2.45) is 5.92 Å². The second-order valence-corrected chi connectivity index (χ2v) is 8.80. The molecule has 0 radical (unpaired) electrons. The predicted octanol–water partition coefficient (Wildman–Crippen LogP) is 3.57. The highest BCUT2D eigenvalue weighted by atomic mass is 16.6. The fraction of sp³-hybridized carbons (Fsp3) is 0.700. The van der Waals surface area contributed by atoms with Gasteiger partial charge in [0.05, 0.1) is 17.9 Å². The van der Waals surface area contributed by atoms with Crippen LogP contribution in [0.5, 0.6) is 0 Å². The zero-order valence-corrected chi connectivity index (χ0v) is 17.3. The van der Waals surface area contributed by atoms with Crippen molar-refractivity contribution >= 4 is 18.0 Å². The summed E-state index contributed by atoms with van der Waals surface area (Å²) < 4.78 is 10.7. The second kappa shape index (κ2) is 7.93. The predicted molar refractivity (Wildman–Crippen MR) is 104 cm³/mol. The van der Waals surface area contributed by atoms with Crippen LogP contribution in [-0.2, 0) is 9.47 Å². The van der Waals surface area contributed by atoms with Crippen LogP contribution in [0.4, 0.5) is 15.4 Å². The zero-order chi connectivity index (χ0) is 20.5. The Labute approximate surface area is 166 Å². The maximum absolute atomic E-state index is 12.2. The van der Waals surface area contributed by atoms with Crippen LogP contribution in [0.15, 0.2) is 12.4 Å². The molecule has 1 atom stereocenters. The lowest BCUT2D eigenvalue weighted by Crippen LogP contribution is -2.41. The van der Waals surface area contributed by atoms with Gasteiger partial charge in [-0.2, -0.15) is 0 Å². The lowest BCUT2D eigenvalue weighted by molar-refractivity contribution is 0.0204. The molecule has 0 spiro atoms. The highest BCUT2D eigenvalue weighted by Gasteiger charge is 2.37. The first-order valence-corrected chi connectivity index (χ1v) is 9.91. The summed E-state index contributed by atoms with van der Waals surface area (Å²) in [7, 11) is 0. The van der Waals surface area contributed by atoms with Crippen LogP contribution in [0.25, 0.3) is 0 Å². The molecule has 3 heterocycles. The minimum Gasteiger partial charge on any atom is -0.447 e. The number of aromatic nitrogens is 2. The molecule has 28 heavy (non-hydrogen) atoms. The number of hydrogen-bond donors (Lipinski definition) is 0. The molecule has 2 saturated heterocycles. The minimum absolute atomic E-state index is 0.0361. The monoisotopic (exact) mass is 390 g/mol. The molecule has 2 aliphatic rings. The van der Waals surface area contributed by atoms with E-state index in [1.807, 2.05) is 20.8 Å². The molecule has 3 rings (SSSR count). The van der Waals surface area contributed by atoms with Crippen molar-refractivity contribution in [2.75, 3.05) is 24.6 Å². The molecule has 0 aromatic carbocycles. The minimum atomic E-state index is -0.495. The number of amides is 2. The summed E-state index contributed by atoms with van der Waals surface area (Å²) >= 11 is 0. The smallest absolute Gasteiger partial charge is 0.415 e. The van der Waals surface area contributed by atoms with Gasteiger partial charge in [-0.25, -0.2) is 14.6 Å². The Morgan fingerprint density at radius 1 is 1.25 bits per heavy atom. The van der Waals surface area contributed by atoms with E-state index in [0.717, 1.165) is 18.5 Å². The van der Waals surface area contributed by atoms with E-state index in [2.05, 4.69) is 18.8 Å². The van der Waals surface area contributed by atoms with Gasteiger partial charge in [0.2, 0.25) is 0 Å². The van der Waals surface area contributed by atoms with Gasteiger partial charge in [0.15, 0.2) is 5.82 Å². The van der Waals surface area contributed by atoms with Gasteiger partial charge in [-0.15, -0.1) is 0 Å². The number of cyclic esters (lactones) is 1. The highest BCUT2D eigenvalue weighted by molar-refractivity contribution is 5.89. The van der Waals surface area contributed by atoms with Crippen molar-refractivity contribution in [1.82, 2.24) is 14.9 Å². The van der Waals surface area contributed by atoms with Crippen LogP contribution < -0.4 is 4.90 Å². The Kier molecular flexibility index (Phi) is 5.76. The van der Waals surface area contributed by atoms with Gasteiger partial charge < -0.3 is 14.4 Å². The van der Waals surface area contributed by atoms with E-state index < -0.39 is 5.60 Å². The summed E-state index contributed by atoms with van der Waals surface area (Å²) in [5.41, 5.74) is 0.355. The van der Waals surface area contributed by atoms with Gasteiger partial charge in [0, 0.05) is 25.2 Å². The Morgan fingerprint density at radius 3 is 2.54 bits per heavy atom. The van der Waals surface area contributed by atoms with Crippen LogP contribution in [0, 0.1) is 5.92 Å². The maximum Gasteiger partial charge on any atom is 0.415 e. The Balaban J connectivity index is 1.67. The fourth-order valence-corrected chi connectivity index (χ4v) is 3.56. The Morgan fingerprint density at radius 2 is 1.93 bits per heavy atom. The summed E-state index contributed by atoms with van der Waals surface area (Å²) in [4.78, 5) is 36.8. The van der Waals surface area contributed by atoms with Crippen molar-refractivity contribution in [2.45, 2.75) is 65.0 Å². The van der Waals surface area contributed by atoms with Gasteiger partial charge in [-0.1, -0.05) is 13.8 Å². The number of carbonyl (C=O) groups is 2. The van der Waals surface area contributed by atoms with Crippen LogP contribution in [0.3, 0.4) is 0 Å². The summed E-state index contributed by atoms with van der Waals surface area (Å²) in [6.45, 7) is 11.3. The molecule has 8 nitrogen and oxygen atoms in total. The highest BCUT2D eigenvalue weighted by Crippen LogP contribution is 2.30. The maximum atomic E-state index is 12.2.